The van der Waals surface area contributed by atoms with Crippen LogP contribution in [0, 0.1) is 12.7 Å². The van der Waals surface area contributed by atoms with Gasteiger partial charge in [-0.25, -0.2) is 9.37 Å². The van der Waals surface area contributed by atoms with Crippen LogP contribution in [0.2, 0.25) is 0 Å². The van der Waals surface area contributed by atoms with Crippen molar-refractivity contribution in [2.45, 2.75) is 33.1 Å². The second kappa shape index (κ2) is 9.09. The molecule has 8 nitrogen and oxygen atoms in total. The molecule has 0 amide bonds. The maximum atomic E-state index is 15.2. The highest BCUT2D eigenvalue weighted by molar-refractivity contribution is 7.15. The third-order valence-electron chi connectivity index (χ3n) is 6.04. The molecule has 0 spiro atoms. The number of rotatable bonds is 5. The molecule has 0 saturated carbocycles. The van der Waals surface area contributed by atoms with Crippen molar-refractivity contribution in [1.29, 1.82) is 0 Å². The van der Waals surface area contributed by atoms with Gasteiger partial charge in [-0.2, -0.15) is 9.97 Å². The zero-order chi connectivity index (χ0) is 24.7. The first-order valence-corrected chi connectivity index (χ1v) is 12.5. The van der Waals surface area contributed by atoms with Crippen LogP contribution >= 0.6 is 11.3 Å². The van der Waals surface area contributed by atoms with E-state index < -0.39 is 5.82 Å². The van der Waals surface area contributed by atoms with Crippen molar-refractivity contribution in [2.24, 2.45) is 0 Å². The van der Waals surface area contributed by atoms with Gasteiger partial charge in [-0.05, 0) is 37.6 Å². The Morgan fingerprint density at radius 3 is 2.60 bits per heavy atom. The van der Waals surface area contributed by atoms with Crippen molar-refractivity contribution in [2.75, 3.05) is 43.4 Å². The topological polar surface area (TPSA) is 82.2 Å². The molecule has 3 aromatic heterocycles. The Bertz CT molecular complexity index is 1350. The zero-order valence-electron chi connectivity index (χ0n) is 20.6. The molecule has 0 bridgehead atoms. The molecule has 1 fully saturated rings. The quantitative estimate of drug-likeness (QED) is 0.381. The van der Waals surface area contributed by atoms with Crippen LogP contribution in [-0.4, -0.2) is 58.1 Å². The molecule has 0 atom stereocenters. The summed E-state index contributed by atoms with van der Waals surface area (Å²) in [7, 11) is 2.11. The Balaban J connectivity index is 1.48. The van der Waals surface area contributed by atoms with Crippen molar-refractivity contribution in [1.82, 2.24) is 24.8 Å². The third kappa shape index (κ3) is 5.08. The first kappa shape index (κ1) is 23.5. The number of hydrogen-bond acceptors (Lipinski definition) is 8. The molecule has 1 aromatic carbocycles. The molecule has 0 aliphatic carbocycles. The van der Waals surface area contributed by atoms with Crippen LogP contribution in [0.25, 0.3) is 10.9 Å². The first-order valence-electron chi connectivity index (χ1n) is 11.7. The fourth-order valence-corrected chi connectivity index (χ4v) is 4.85. The van der Waals surface area contributed by atoms with E-state index in [2.05, 4.69) is 62.9 Å². The number of benzene rings is 1. The largest absolute Gasteiger partial charge is 0.421 e. The highest BCUT2D eigenvalue weighted by atomic mass is 32.1. The van der Waals surface area contributed by atoms with Crippen LogP contribution < -0.4 is 15.0 Å². The average molecular weight is 496 g/mol. The van der Waals surface area contributed by atoms with Gasteiger partial charge in [0.1, 0.15) is 11.6 Å². The number of thiazole rings is 1. The molecule has 1 aliphatic heterocycles. The van der Waals surface area contributed by atoms with Crippen LogP contribution in [0.5, 0.6) is 11.8 Å². The molecule has 10 heteroatoms. The zero-order valence-corrected chi connectivity index (χ0v) is 21.5. The number of piperazine rings is 1. The summed E-state index contributed by atoms with van der Waals surface area (Å²) in [5, 5.41) is 4.51. The van der Waals surface area contributed by atoms with Gasteiger partial charge in [0.25, 0.3) is 0 Å². The molecule has 1 aliphatic rings. The number of halogens is 1. The molecule has 1 saturated heterocycles. The molecule has 0 unspecified atom stereocenters. The summed E-state index contributed by atoms with van der Waals surface area (Å²) in [4.78, 5) is 22.5. The lowest BCUT2D eigenvalue weighted by molar-refractivity contribution is 0.311. The normalized spacial score (nSPS) is 15.1. The number of aryl methyl sites for hydroxylation is 1. The minimum atomic E-state index is -0.440. The molecular formula is C25H30FN7OS. The minimum absolute atomic E-state index is 0.00921. The second-order valence-electron chi connectivity index (χ2n) is 9.98. The highest BCUT2D eigenvalue weighted by Gasteiger charge is 2.21. The van der Waals surface area contributed by atoms with Crippen LogP contribution in [0.4, 0.5) is 21.2 Å². The maximum Gasteiger partial charge on any atom is 0.326 e. The number of nitrogens with zero attached hydrogens (tertiary/aromatic N) is 5. The summed E-state index contributed by atoms with van der Waals surface area (Å²) in [5.41, 5.74) is 1.61. The van der Waals surface area contributed by atoms with E-state index in [0.29, 0.717) is 11.2 Å². The van der Waals surface area contributed by atoms with Gasteiger partial charge in [0.05, 0.1) is 0 Å². The van der Waals surface area contributed by atoms with Crippen molar-refractivity contribution in [3.63, 3.8) is 0 Å². The first-order chi connectivity index (χ1) is 16.7. The van der Waals surface area contributed by atoms with Gasteiger partial charge < -0.3 is 24.8 Å². The number of aromatic amines is 1. The smallest absolute Gasteiger partial charge is 0.326 e. The van der Waals surface area contributed by atoms with Gasteiger partial charge >= 0.3 is 6.01 Å². The monoisotopic (exact) mass is 495 g/mol. The Labute approximate surface area is 208 Å². The summed E-state index contributed by atoms with van der Waals surface area (Å²) in [6.45, 7) is 11.9. The fraction of sp³-hybridized carbons (Fsp3) is 0.400. The summed E-state index contributed by atoms with van der Waals surface area (Å²) in [5.74, 6) is 0.932. The van der Waals surface area contributed by atoms with Crippen LogP contribution in [0.1, 0.15) is 31.3 Å². The Kier molecular flexibility index (Phi) is 6.10. The van der Waals surface area contributed by atoms with Crippen molar-refractivity contribution in [3.05, 3.63) is 46.9 Å². The average Bonchev–Trinajstić information content (AvgIpc) is 3.43. The molecule has 4 heterocycles. The Morgan fingerprint density at radius 1 is 1.11 bits per heavy atom. The second-order valence-corrected chi connectivity index (χ2v) is 11.0. The molecule has 4 aromatic rings. The Hall–Kier alpha value is -3.24. The Morgan fingerprint density at radius 2 is 1.89 bits per heavy atom. The predicted molar refractivity (Wildman–Crippen MR) is 139 cm³/mol. The van der Waals surface area contributed by atoms with Gasteiger partial charge in [-0.15, -0.1) is 11.3 Å². The summed E-state index contributed by atoms with van der Waals surface area (Å²) >= 11 is 1.59. The number of likely N-dealkylation sites (N-methyl/N-ethyl adjacent to an activating group) is 1. The lowest BCUT2D eigenvalue weighted by Crippen LogP contribution is -2.44. The van der Waals surface area contributed by atoms with Crippen molar-refractivity contribution >= 4 is 39.0 Å². The van der Waals surface area contributed by atoms with Gasteiger partial charge in [0.15, 0.2) is 16.7 Å². The molecule has 35 heavy (non-hydrogen) atoms. The highest BCUT2D eigenvalue weighted by Crippen LogP contribution is 2.34. The van der Waals surface area contributed by atoms with Crippen molar-refractivity contribution in [3.8, 4) is 11.8 Å². The van der Waals surface area contributed by atoms with Crippen LogP contribution in [0.15, 0.2) is 30.5 Å². The summed E-state index contributed by atoms with van der Waals surface area (Å²) in [6, 6.07) is 7.14. The molecule has 0 radical (unpaired) electrons. The third-order valence-corrected chi connectivity index (χ3v) is 7.38. The number of ether oxygens (including phenoxy) is 1. The van der Waals surface area contributed by atoms with E-state index in [1.54, 1.807) is 29.5 Å². The van der Waals surface area contributed by atoms with Crippen molar-refractivity contribution < 1.29 is 9.13 Å². The van der Waals surface area contributed by atoms with E-state index in [1.807, 2.05) is 19.2 Å². The number of hydrogen-bond donors (Lipinski definition) is 2. The maximum absolute atomic E-state index is 15.2. The number of aromatic nitrogens is 4. The predicted octanol–water partition coefficient (Wildman–Crippen LogP) is 5.45. The van der Waals surface area contributed by atoms with E-state index in [-0.39, 0.29) is 17.2 Å². The standard InChI is InChI=1S/C25H30FN7OS/c1-15-12-16-17(28-15)6-7-18(22(16)26)34-23-29-20(30-24-27-14-19(35-24)25(2,3)4)13-21(31-23)33-10-8-32(5)9-11-33/h6-7,12-14,28H,8-11H2,1-5H3,(H,27,29,30,31). The molecule has 5 rings (SSSR count). The summed E-state index contributed by atoms with van der Waals surface area (Å²) < 4.78 is 21.1. The number of H-pyrrole nitrogens is 1. The molecule has 184 valence electrons. The molecule has 2 N–H and O–H groups in total. The van der Waals surface area contributed by atoms with Crippen LogP contribution in [0.3, 0.4) is 0 Å². The lowest BCUT2D eigenvalue weighted by atomic mass is 9.96. The van der Waals surface area contributed by atoms with Gasteiger partial charge in [-0.3, -0.25) is 0 Å². The fourth-order valence-electron chi connectivity index (χ4n) is 3.97. The van der Waals surface area contributed by atoms with E-state index >= 15 is 4.39 Å². The number of anilines is 3. The van der Waals surface area contributed by atoms with Gasteiger partial charge in [0, 0.05) is 59.9 Å². The van der Waals surface area contributed by atoms with E-state index in [0.717, 1.165) is 48.3 Å². The van der Waals surface area contributed by atoms with E-state index in [1.165, 1.54) is 4.88 Å². The SMILES string of the molecule is Cc1cc2c(F)c(Oc3nc(Nc4ncc(C(C)(C)C)s4)cc(N4CCN(C)CC4)n3)ccc2[nH]1. The molecular weight excluding hydrogens is 465 g/mol. The van der Waals surface area contributed by atoms with Gasteiger partial charge in [0.2, 0.25) is 0 Å². The number of fused-ring (bicyclic) bond motifs is 1. The minimum Gasteiger partial charge on any atom is -0.421 e. The van der Waals surface area contributed by atoms with E-state index in [9.17, 15) is 0 Å². The number of nitrogens with one attached hydrogen (secondary N) is 2. The van der Waals surface area contributed by atoms with Gasteiger partial charge in [-0.1, -0.05) is 20.8 Å². The summed E-state index contributed by atoms with van der Waals surface area (Å²) in [6.07, 6.45) is 1.89. The van der Waals surface area contributed by atoms with Crippen LogP contribution in [-0.2, 0) is 5.41 Å². The van der Waals surface area contributed by atoms with E-state index in [4.69, 9.17) is 4.74 Å². The lowest BCUT2D eigenvalue weighted by Gasteiger charge is -2.33.